The van der Waals surface area contributed by atoms with Crippen LogP contribution in [-0.4, -0.2) is 31.1 Å². The summed E-state index contributed by atoms with van der Waals surface area (Å²) in [6.45, 7) is 2.73. The second kappa shape index (κ2) is 9.66. The Morgan fingerprint density at radius 2 is 1.72 bits per heavy atom. The van der Waals surface area contributed by atoms with E-state index >= 15 is 0 Å². The number of carbonyl (C=O) groups excluding carboxylic acids is 1. The van der Waals surface area contributed by atoms with Gasteiger partial charge in [0, 0.05) is 25.3 Å². The summed E-state index contributed by atoms with van der Waals surface area (Å²) in [4.78, 5) is 11.9. The van der Waals surface area contributed by atoms with Crippen molar-refractivity contribution < 1.29 is 19.4 Å². The molecule has 6 heteroatoms. The molecule has 2 aromatic rings. The van der Waals surface area contributed by atoms with Crippen molar-refractivity contribution in [2.45, 2.75) is 26.2 Å². The van der Waals surface area contributed by atoms with Crippen LogP contribution in [0.15, 0.2) is 48.5 Å². The summed E-state index contributed by atoms with van der Waals surface area (Å²) >= 11 is 0. The number of aliphatic hydroxyl groups excluding tert-OH is 1. The highest BCUT2D eigenvalue weighted by atomic mass is 16.6. The maximum atomic E-state index is 11.9. The molecule has 0 saturated carbocycles. The molecular formula is C19H24N2O4. The second-order valence-corrected chi connectivity index (χ2v) is 5.47. The van der Waals surface area contributed by atoms with Gasteiger partial charge < -0.3 is 25.2 Å². The average molecular weight is 344 g/mol. The summed E-state index contributed by atoms with van der Waals surface area (Å²) in [6.07, 6.45) is -0.394. The number of hydrogen-bond acceptors (Lipinski definition) is 4. The molecule has 2 aromatic carbocycles. The van der Waals surface area contributed by atoms with Gasteiger partial charge in [0.25, 0.3) is 0 Å². The third kappa shape index (κ3) is 6.45. The van der Waals surface area contributed by atoms with E-state index in [1.54, 1.807) is 19.2 Å². The Kier molecular flexibility index (Phi) is 7.25. The number of aliphatic hydroxyl groups is 1. The summed E-state index contributed by atoms with van der Waals surface area (Å²) in [6, 6.07) is 14.5. The number of nitrogens with one attached hydrogen (secondary N) is 2. The molecule has 0 saturated heterocycles. The summed E-state index contributed by atoms with van der Waals surface area (Å²) in [5, 5.41) is 15.2. The van der Waals surface area contributed by atoms with Crippen LogP contribution in [-0.2, 0) is 17.7 Å². The van der Waals surface area contributed by atoms with Gasteiger partial charge in [-0.2, -0.15) is 0 Å². The third-order valence-electron chi connectivity index (χ3n) is 3.59. The minimum absolute atomic E-state index is 0.280. The van der Waals surface area contributed by atoms with E-state index in [-0.39, 0.29) is 6.03 Å². The largest absolute Gasteiger partial charge is 0.497 e. The van der Waals surface area contributed by atoms with Crippen LogP contribution < -0.4 is 15.4 Å². The van der Waals surface area contributed by atoms with Crippen LogP contribution >= 0.6 is 0 Å². The van der Waals surface area contributed by atoms with Crippen LogP contribution in [0.4, 0.5) is 10.5 Å². The maximum absolute atomic E-state index is 11.9. The minimum atomic E-state index is -0.809. The fraction of sp³-hybridized carbons (Fsp3) is 0.316. The zero-order chi connectivity index (χ0) is 18.1. The van der Waals surface area contributed by atoms with Crippen molar-refractivity contribution in [3.63, 3.8) is 0 Å². The molecule has 6 nitrogen and oxygen atoms in total. The number of benzene rings is 2. The number of urea groups is 1. The Balaban J connectivity index is 1.79. The predicted molar refractivity (Wildman–Crippen MR) is 96.6 cm³/mol. The van der Waals surface area contributed by atoms with Crippen LogP contribution in [0.2, 0.25) is 0 Å². The lowest BCUT2D eigenvalue weighted by molar-refractivity contribution is -0.0927. The van der Waals surface area contributed by atoms with Gasteiger partial charge in [-0.05, 0) is 42.3 Å². The Morgan fingerprint density at radius 1 is 1.08 bits per heavy atom. The standard InChI is InChI=1S/C19H24N2O4/c1-3-25-18(22)12-14-4-8-16(9-5-14)21-19(23)20-13-15-6-10-17(24-2)11-7-15/h4-11,18,22H,3,12-13H2,1-2H3,(H2,20,21,23). The predicted octanol–water partition coefficient (Wildman–Crippen LogP) is 2.91. The van der Waals surface area contributed by atoms with E-state index in [4.69, 9.17) is 9.47 Å². The average Bonchev–Trinajstić information content (AvgIpc) is 2.62. The summed E-state index contributed by atoms with van der Waals surface area (Å²) < 4.78 is 10.2. The first-order chi connectivity index (χ1) is 12.1. The zero-order valence-corrected chi connectivity index (χ0v) is 14.5. The van der Waals surface area contributed by atoms with Crippen molar-refractivity contribution in [1.82, 2.24) is 5.32 Å². The van der Waals surface area contributed by atoms with Crippen LogP contribution in [0, 0.1) is 0 Å². The molecule has 0 heterocycles. The van der Waals surface area contributed by atoms with E-state index in [0.29, 0.717) is 25.3 Å². The van der Waals surface area contributed by atoms with Crippen LogP contribution in [0.25, 0.3) is 0 Å². The Hall–Kier alpha value is -2.57. The molecule has 0 bridgehead atoms. The van der Waals surface area contributed by atoms with Crippen LogP contribution in [0.5, 0.6) is 5.75 Å². The number of ether oxygens (including phenoxy) is 2. The Bertz CT molecular complexity index is 656. The van der Waals surface area contributed by atoms with Crippen LogP contribution in [0.3, 0.4) is 0 Å². The first-order valence-corrected chi connectivity index (χ1v) is 8.17. The van der Waals surface area contributed by atoms with Gasteiger partial charge in [-0.15, -0.1) is 0 Å². The monoisotopic (exact) mass is 344 g/mol. The lowest BCUT2D eigenvalue weighted by atomic mass is 10.1. The number of amides is 2. The number of carbonyl (C=O) groups is 1. The molecule has 134 valence electrons. The highest BCUT2D eigenvalue weighted by molar-refractivity contribution is 5.89. The van der Waals surface area contributed by atoms with E-state index in [9.17, 15) is 9.90 Å². The third-order valence-corrected chi connectivity index (χ3v) is 3.59. The molecule has 0 fully saturated rings. The van der Waals surface area contributed by atoms with Gasteiger partial charge >= 0.3 is 6.03 Å². The fourth-order valence-electron chi connectivity index (χ4n) is 2.28. The number of anilines is 1. The van der Waals surface area contributed by atoms with Crippen molar-refractivity contribution in [1.29, 1.82) is 0 Å². The van der Waals surface area contributed by atoms with Crippen molar-refractivity contribution in [2.75, 3.05) is 19.0 Å². The van der Waals surface area contributed by atoms with E-state index in [2.05, 4.69) is 10.6 Å². The molecule has 1 unspecified atom stereocenters. The van der Waals surface area contributed by atoms with Gasteiger partial charge in [0.05, 0.1) is 7.11 Å². The second-order valence-electron chi connectivity index (χ2n) is 5.47. The number of rotatable bonds is 8. The molecule has 0 aromatic heterocycles. The van der Waals surface area contributed by atoms with Crippen molar-refractivity contribution in [2.24, 2.45) is 0 Å². The Morgan fingerprint density at radius 3 is 2.32 bits per heavy atom. The van der Waals surface area contributed by atoms with E-state index in [0.717, 1.165) is 16.9 Å². The molecule has 0 radical (unpaired) electrons. The van der Waals surface area contributed by atoms with E-state index in [1.807, 2.05) is 43.3 Å². The van der Waals surface area contributed by atoms with E-state index < -0.39 is 6.29 Å². The normalized spacial score (nSPS) is 11.6. The quantitative estimate of drug-likeness (QED) is 0.643. The summed E-state index contributed by atoms with van der Waals surface area (Å²) in [5.74, 6) is 0.780. The van der Waals surface area contributed by atoms with Gasteiger partial charge in [-0.25, -0.2) is 4.79 Å². The summed E-state index contributed by atoms with van der Waals surface area (Å²) in [7, 11) is 1.61. The maximum Gasteiger partial charge on any atom is 0.319 e. The molecule has 25 heavy (non-hydrogen) atoms. The lowest BCUT2D eigenvalue weighted by Gasteiger charge is -2.11. The Labute approximate surface area is 147 Å². The number of hydrogen-bond donors (Lipinski definition) is 3. The number of methoxy groups -OCH3 is 1. The minimum Gasteiger partial charge on any atom is -0.497 e. The molecule has 0 spiro atoms. The van der Waals surface area contributed by atoms with Gasteiger partial charge in [0.2, 0.25) is 0 Å². The SMILES string of the molecule is CCOC(O)Cc1ccc(NC(=O)NCc2ccc(OC)cc2)cc1. The zero-order valence-electron chi connectivity index (χ0n) is 14.5. The molecule has 1 atom stereocenters. The summed E-state index contributed by atoms with van der Waals surface area (Å²) in [5.41, 5.74) is 2.60. The molecule has 2 amide bonds. The van der Waals surface area contributed by atoms with Crippen molar-refractivity contribution in [3.8, 4) is 5.75 Å². The molecule has 0 aliphatic carbocycles. The van der Waals surface area contributed by atoms with E-state index in [1.165, 1.54) is 0 Å². The van der Waals surface area contributed by atoms with Crippen molar-refractivity contribution in [3.05, 3.63) is 59.7 Å². The smallest absolute Gasteiger partial charge is 0.319 e. The molecule has 3 N–H and O–H groups in total. The highest BCUT2D eigenvalue weighted by Gasteiger charge is 2.06. The molecular weight excluding hydrogens is 320 g/mol. The topological polar surface area (TPSA) is 79.8 Å². The van der Waals surface area contributed by atoms with Gasteiger partial charge in [0.15, 0.2) is 6.29 Å². The van der Waals surface area contributed by atoms with Gasteiger partial charge in [-0.3, -0.25) is 0 Å². The van der Waals surface area contributed by atoms with Crippen LogP contribution in [0.1, 0.15) is 18.1 Å². The first kappa shape index (κ1) is 18.8. The lowest BCUT2D eigenvalue weighted by Crippen LogP contribution is -2.28. The van der Waals surface area contributed by atoms with Crippen molar-refractivity contribution >= 4 is 11.7 Å². The van der Waals surface area contributed by atoms with Gasteiger partial charge in [-0.1, -0.05) is 24.3 Å². The first-order valence-electron chi connectivity index (χ1n) is 8.17. The highest BCUT2D eigenvalue weighted by Crippen LogP contribution is 2.13. The van der Waals surface area contributed by atoms with Gasteiger partial charge in [0.1, 0.15) is 5.75 Å². The fourth-order valence-corrected chi connectivity index (χ4v) is 2.28. The molecule has 0 aliphatic rings. The molecule has 0 aliphatic heterocycles. The molecule has 2 rings (SSSR count).